The molecule has 1 aromatic carbocycles. The molecule has 0 aliphatic rings. The third-order valence-corrected chi connectivity index (χ3v) is 4.09. The molecule has 4 nitrogen and oxygen atoms in total. The van der Waals surface area contributed by atoms with Crippen LogP contribution in [0.5, 0.6) is 5.75 Å². The molecule has 118 valence electrons. The average molecular weight is 327 g/mol. The van der Waals surface area contributed by atoms with Gasteiger partial charge in [0.25, 0.3) is 5.91 Å². The lowest BCUT2D eigenvalue weighted by atomic mass is 10.1. The Balaban J connectivity index is 2.00. The predicted molar refractivity (Wildman–Crippen MR) is 79.3 cm³/mol. The van der Waals surface area contributed by atoms with Crippen LogP contribution in [0, 0.1) is 0 Å². The van der Waals surface area contributed by atoms with Crippen molar-refractivity contribution in [3.05, 3.63) is 52.2 Å². The molecule has 22 heavy (non-hydrogen) atoms. The van der Waals surface area contributed by atoms with Crippen molar-refractivity contribution in [2.24, 2.45) is 0 Å². The van der Waals surface area contributed by atoms with Crippen molar-refractivity contribution in [1.29, 1.82) is 0 Å². The number of hydrogen-bond acceptors (Lipinski definition) is 4. The maximum atomic E-state index is 12.2. The van der Waals surface area contributed by atoms with Crippen LogP contribution in [0.1, 0.15) is 22.2 Å². The molecule has 2 aromatic rings. The lowest BCUT2D eigenvalue weighted by Gasteiger charge is -2.22. The third kappa shape index (κ3) is 4.25. The van der Waals surface area contributed by atoms with Gasteiger partial charge in [-0.1, -0.05) is 12.1 Å². The number of rotatable bonds is 6. The SMILES string of the molecule is CC(O)(CNC(=O)c1cccc(OC(F)F)c1)c1cccs1. The van der Waals surface area contributed by atoms with Crippen LogP contribution < -0.4 is 10.1 Å². The fourth-order valence-corrected chi connectivity index (χ4v) is 2.63. The Labute approximate surface area is 130 Å². The molecule has 0 aliphatic carbocycles. The van der Waals surface area contributed by atoms with Crippen molar-refractivity contribution in [3.63, 3.8) is 0 Å². The molecule has 1 heterocycles. The second-order valence-electron chi connectivity index (χ2n) is 4.84. The summed E-state index contributed by atoms with van der Waals surface area (Å²) in [5.41, 5.74) is -1.01. The molecule has 0 aliphatic heterocycles. The van der Waals surface area contributed by atoms with Crippen LogP contribution in [-0.2, 0) is 5.60 Å². The standard InChI is InChI=1S/C15H15F2NO3S/c1-15(20,12-6-3-7-22-12)9-18-13(19)10-4-2-5-11(8-10)21-14(16)17/h2-8,14,20H,9H2,1H3,(H,18,19). The number of thiophene rings is 1. The number of halogens is 2. The molecule has 7 heteroatoms. The number of hydrogen-bond donors (Lipinski definition) is 2. The van der Waals surface area contributed by atoms with Crippen LogP contribution in [0.4, 0.5) is 8.78 Å². The number of alkyl halides is 2. The fourth-order valence-electron chi connectivity index (χ4n) is 1.84. The molecule has 1 unspecified atom stereocenters. The van der Waals surface area contributed by atoms with Crippen LogP contribution in [0.2, 0.25) is 0 Å². The Bertz CT molecular complexity index is 629. The summed E-state index contributed by atoms with van der Waals surface area (Å²) in [6.45, 7) is -1.35. The van der Waals surface area contributed by atoms with Gasteiger partial charge in [-0.3, -0.25) is 4.79 Å². The minimum Gasteiger partial charge on any atom is -0.435 e. The van der Waals surface area contributed by atoms with E-state index < -0.39 is 18.1 Å². The molecular weight excluding hydrogens is 312 g/mol. The maximum absolute atomic E-state index is 12.2. The predicted octanol–water partition coefficient (Wildman–Crippen LogP) is 2.99. The zero-order valence-electron chi connectivity index (χ0n) is 11.8. The van der Waals surface area contributed by atoms with E-state index in [2.05, 4.69) is 10.1 Å². The third-order valence-electron chi connectivity index (χ3n) is 2.97. The summed E-state index contributed by atoms with van der Waals surface area (Å²) in [6, 6.07) is 9.07. The highest BCUT2D eigenvalue weighted by Gasteiger charge is 2.25. The van der Waals surface area contributed by atoms with Crippen molar-refractivity contribution in [2.45, 2.75) is 19.1 Å². The van der Waals surface area contributed by atoms with Crippen molar-refractivity contribution >= 4 is 17.2 Å². The summed E-state index contributed by atoms with van der Waals surface area (Å²) < 4.78 is 28.6. The lowest BCUT2D eigenvalue weighted by Crippen LogP contribution is -2.38. The van der Waals surface area contributed by atoms with Gasteiger partial charge in [0, 0.05) is 10.4 Å². The molecule has 1 amide bonds. The van der Waals surface area contributed by atoms with Crippen molar-refractivity contribution < 1.29 is 23.4 Å². The summed E-state index contributed by atoms with van der Waals surface area (Å²) in [5, 5.41) is 14.7. The highest BCUT2D eigenvalue weighted by Crippen LogP contribution is 2.24. The van der Waals surface area contributed by atoms with Gasteiger partial charge in [-0.2, -0.15) is 8.78 Å². The molecule has 0 saturated carbocycles. The van der Waals surface area contributed by atoms with Gasteiger partial charge in [-0.15, -0.1) is 11.3 Å². The van der Waals surface area contributed by atoms with Gasteiger partial charge in [0.05, 0.1) is 6.54 Å². The number of aliphatic hydroxyl groups is 1. The van der Waals surface area contributed by atoms with E-state index in [9.17, 15) is 18.7 Å². The Kier molecular flexibility index (Phi) is 5.10. The summed E-state index contributed by atoms with van der Waals surface area (Å²) in [4.78, 5) is 12.8. The minimum absolute atomic E-state index is 0.00623. The molecule has 1 aromatic heterocycles. The molecule has 0 fully saturated rings. The summed E-state index contributed by atoms with van der Waals surface area (Å²) >= 11 is 1.38. The Hall–Kier alpha value is -1.99. The van der Waals surface area contributed by atoms with E-state index in [4.69, 9.17) is 0 Å². The first-order valence-corrected chi connectivity index (χ1v) is 7.36. The summed E-state index contributed by atoms with van der Waals surface area (Å²) in [7, 11) is 0. The van der Waals surface area contributed by atoms with E-state index in [0.717, 1.165) is 4.88 Å². The largest absolute Gasteiger partial charge is 0.435 e. The second kappa shape index (κ2) is 6.85. The van der Waals surface area contributed by atoms with Crippen LogP contribution in [0.3, 0.4) is 0 Å². The van der Waals surface area contributed by atoms with Crippen LogP contribution in [0.25, 0.3) is 0 Å². The molecule has 0 saturated heterocycles. The Morgan fingerprint density at radius 2 is 2.18 bits per heavy atom. The van der Waals surface area contributed by atoms with Crippen molar-refractivity contribution in [3.8, 4) is 5.75 Å². The first-order valence-electron chi connectivity index (χ1n) is 6.48. The number of benzene rings is 1. The number of nitrogens with one attached hydrogen (secondary N) is 1. The quantitative estimate of drug-likeness (QED) is 0.857. The van der Waals surface area contributed by atoms with Crippen LogP contribution >= 0.6 is 11.3 Å². The molecule has 2 N–H and O–H groups in total. The number of ether oxygens (including phenoxy) is 1. The van der Waals surface area contributed by atoms with Crippen LogP contribution in [-0.4, -0.2) is 24.2 Å². The highest BCUT2D eigenvalue weighted by atomic mass is 32.1. The maximum Gasteiger partial charge on any atom is 0.387 e. The zero-order valence-corrected chi connectivity index (χ0v) is 12.6. The Morgan fingerprint density at radius 1 is 1.41 bits per heavy atom. The molecule has 0 radical (unpaired) electrons. The van der Waals surface area contributed by atoms with Gasteiger partial charge >= 0.3 is 6.61 Å². The van der Waals surface area contributed by atoms with Crippen LogP contribution in [0.15, 0.2) is 41.8 Å². The highest BCUT2D eigenvalue weighted by molar-refractivity contribution is 7.10. The molecule has 0 spiro atoms. The smallest absolute Gasteiger partial charge is 0.387 e. The van der Waals surface area contributed by atoms with E-state index >= 15 is 0 Å². The van der Waals surface area contributed by atoms with Gasteiger partial charge in [-0.05, 0) is 36.6 Å². The van der Waals surface area contributed by atoms with Gasteiger partial charge in [0.2, 0.25) is 0 Å². The minimum atomic E-state index is -2.95. The van der Waals surface area contributed by atoms with E-state index in [1.54, 1.807) is 19.1 Å². The van der Waals surface area contributed by atoms with E-state index in [0.29, 0.717) is 0 Å². The van der Waals surface area contributed by atoms with Crippen molar-refractivity contribution in [1.82, 2.24) is 5.32 Å². The van der Waals surface area contributed by atoms with Gasteiger partial charge in [0.1, 0.15) is 11.4 Å². The summed E-state index contributed by atoms with van der Waals surface area (Å²) in [5.74, 6) is -0.566. The molecule has 2 rings (SSSR count). The van der Waals surface area contributed by atoms with E-state index in [-0.39, 0.29) is 17.9 Å². The van der Waals surface area contributed by atoms with E-state index in [1.165, 1.54) is 35.6 Å². The second-order valence-corrected chi connectivity index (χ2v) is 5.79. The Morgan fingerprint density at radius 3 is 2.82 bits per heavy atom. The first-order chi connectivity index (χ1) is 10.4. The van der Waals surface area contributed by atoms with Crippen molar-refractivity contribution in [2.75, 3.05) is 6.54 Å². The zero-order chi connectivity index (χ0) is 16.2. The van der Waals surface area contributed by atoms with Gasteiger partial charge in [0.15, 0.2) is 0 Å². The number of carbonyl (C=O) groups is 1. The number of amides is 1. The molecule has 0 bridgehead atoms. The lowest BCUT2D eigenvalue weighted by molar-refractivity contribution is -0.0498. The van der Waals surface area contributed by atoms with Gasteiger partial charge < -0.3 is 15.2 Å². The fraction of sp³-hybridized carbons (Fsp3) is 0.267. The average Bonchev–Trinajstić information content (AvgIpc) is 2.99. The first kappa shape index (κ1) is 16.4. The summed E-state index contributed by atoms with van der Waals surface area (Å²) in [6.07, 6.45) is 0. The topological polar surface area (TPSA) is 58.6 Å². The monoisotopic (exact) mass is 327 g/mol. The normalized spacial score (nSPS) is 13.7. The molecule has 1 atom stereocenters. The van der Waals surface area contributed by atoms with Gasteiger partial charge in [-0.25, -0.2) is 0 Å². The van der Waals surface area contributed by atoms with E-state index in [1.807, 2.05) is 5.38 Å². The number of carbonyl (C=O) groups excluding carboxylic acids is 1. The molecular formula is C15H15F2NO3S.